The summed E-state index contributed by atoms with van der Waals surface area (Å²) in [5.74, 6) is -1.24. The van der Waals surface area contributed by atoms with E-state index >= 15 is 0 Å². The quantitative estimate of drug-likeness (QED) is 0.483. The number of amides is 3. The molecule has 0 aromatic heterocycles. The summed E-state index contributed by atoms with van der Waals surface area (Å²) in [6.07, 6.45) is -0.0318. The summed E-state index contributed by atoms with van der Waals surface area (Å²) in [5.41, 5.74) is 12.1. The zero-order valence-corrected chi connectivity index (χ0v) is 10.3. The highest BCUT2D eigenvalue weighted by atomic mass is 16.2. The topological polar surface area (TPSA) is 119 Å². The molecular weight excluding hydrogens is 248 g/mol. The number of hydrogen-bond donors (Lipinski definition) is 3. The zero-order chi connectivity index (χ0) is 14.2. The van der Waals surface area contributed by atoms with E-state index in [0.29, 0.717) is 5.69 Å². The van der Waals surface area contributed by atoms with E-state index in [1.807, 2.05) is 0 Å². The molecule has 3 amide bonds. The first-order chi connectivity index (χ1) is 8.90. The Bertz CT molecular complexity index is 570. The summed E-state index contributed by atoms with van der Waals surface area (Å²) in [4.78, 5) is 36.0. The van der Waals surface area contributed by atoms with Crippen molar-refractivity contribution in [2.45, 2.75) is 12.5 Å². The van der Waals surface area contributed by atoms with Crippen LogP contribution in [-0.4, -0.2) is 35.7 Å². The lowest BCUT2D eigenvalue weighted by atomic mass is 10.1. The third-order valence-electron chi connectivity index (χ3n) is 3.01. The number of hydrogen-bond acceptors (Lipinski definition) is 5. The van der Waals surface area contributed by atoms with Crippen molar-refractivity contribution in [2.75, 3.05) is 18.5 Å². The van der Waals surface area contributed by atoms with E-state index in [2.05, 4.69) is 5.32 Å². The van der Waals surface area contributed by atoms with Crippen molar-refractivity contribution in [3.63, 3.8) is 0 Å². The lowest BCUT2D eigenvalue weighted by Crippen LogP contribution is -2.40. The lowest BCUT2D eigenvalue weighted by molar-refractivity contribution is -0.137. The van der Waals surface area contributed by atoms with Crippen LogP contribution in [0, 0.1) is 0 Å². The average molecular weight is 262 g/mol. The van der Waals surface area contributed by atoms with Crippen LogP contribution in [0.1, 0.15) is 16.8 Å². The number of nitrogens with two attached hydrogens (primary N) is 2. The summed E-state index contributed by atoms with van der Waals surface area (Å²) in [7, 11) is 1.38. The fraction of sp³-hybridized carbons (Fsp3) is 0.250. The van der Waals surface area contributed by atoms with Crippen LogP contribution in [0.5, 0.6) is 0 Å². The highest BCUT2D eigenvalue weighted by Gasteiger charge is 2.37. The van der Waals surface area contributed by atoms with E-state index in [1.165, 1.54) is 19.2 Å². The van der Waals surface area contributed by atoms with E-state index in [1.54, 1.807) is 6.07 Å². The Morgan fingerprint density at radius 1 is 1.37 bits per heavy atom. The van der Waals surface area contributed by atoms with E-state index in [-0.39, 0.29) is 23.6 Å². The van der Waals surface area contributed by atoms with Gasteiger partial charge in [-0.05, 0) is 18.2 Å². The molecule has 1 heterocycles. The number of likely N-dealkylation sites (tertiary alicyclic amines) is 1. The maximum Gasteiger partial charge on any atom is 0.254 e. The van der Waals surface area contributed by atoms with Crippen molar-refractivity contribution in [1.29, 1.82) is 0 Å². The van der Waals surface area contributed by atoms with Gasteiger partial charge in [0.25, 0.3) is 11.8 Å². The normalized spacial score (nSPS) is 18.8. The summed E-state index contributed by atoms with van der Waals surface area (Å²) in [5, 5.41) is 2.49. The first kappa shape index (κ1) is 12.9. The van der Waals surface area contributed by atoms with Crippen LogP contribution >= 0.6 is 0 Å². The number of nitrogen functional groups attached to an aromatic ring is 2. The molecule has 1 aliphatic heterocycles. The molecule has 100 valence electrons. The minimum Gasteiger partial charge on any atom is -0.399 e. The van der Waals surface area contributed by atoms with Gasteiger partial charge >= 0.3 is 0 Å². The predicted molar refractivity (Wildman–Crippen MR) is 68.9 cm³/mol. The molecule has 1 aromatic rings. The minimum absolute atomic E-state index is 0.0318. The number of rotatable bonds is 2. The minimum atomic E-state index is -0.832. The van der Waals surface area contributed by atoms with Gasteiger partial charge < -0.3 is 16.8 Å². The molecular formula is C12H14N4O3. The van der Waals surface area contributed by atoms with Crippen molar-refractivity contribution in [3.05, 3.63) is 23.8 Å². The van der Waals surface area contributed by atoms with Crippen molar-refractivity contribution < 1.29 is 14.4 Å². The largest absolute Gasteiger partial charge is 0.399 e. The molecule has 0 spiro atoms. The number of carbonyl (C=O) groups is 3. The smallest absolute Gasteiger partial charge is 0.254 e. The van der Waals surface area contributed by atoms with Gasteiger partial charge in [-0.1, -0.05) is 0 Å². The molecule has 5 N–H and O–H groups in total. The molecule has 1 aliphatic rings. The molecule has 7 nitrogen and oxygen atoms in total. The Morgan fingerprint density at radius 3 is 2.58 bits per heavy atom. The third kappa shape index (κ3) is 2.35. The lowest BCUT2D eigenvalue weighted by Gasteiger charge is -2.12. The van der Waals surface area contributed by atoms with Crippen LogP contribution < -0.4 is 16.8 Å². The predicted octanol–water partition coefficient (Wildman–Crippen LogP) is -0.662. The monoisotopic (exact) mass is 262 g/mol. The maximum absolute atomic E-state index is 12.0. The summed E-state index contributed by atoms with van der Waals surface area (Å²) < 4.78 is 0. The summed E-state index contributed by atoms with van der Waals surface area (Å²) in [6.45, 7) is 0. The molecule has 0 saturated carbocycles. The maximum atomic E-state index is 12.0. The van der Waals surface area contributed by atoms with E-state index in [0.717, 1.165) is 4.90 Å². The van der Waals surface area contributed by atoms with Crippen LogP contribution in [0.25, 0.3) is 0 Å². The van der Waals surface area contributed by atoms with E-state index in [9.17, 15) is 14.4 Å². The fourth-order valence-electron chi connectivity index (χ4n) is 1.89. The number of nitrogens with zero attached hydrogens (tertiary/aromatic N) is 1. The number of carbonyl (C=O) groups excluding carboxylic acids is 3. The van der Waals surface area contributed by atoms with Gasteiger partial charge in [-0.15, -0.1) is 0 Å². The fourth-order valence-corrected chi connectivity index (χ4v) is 1.89. The molecule has 7 heteroatoms. The highest BCUT2D eigenvalue weighted by molar-refractivity contribution is 6.08. The Balaban J connectivity index is 2.14. The molecule has 1 unspecified atom stereocenters. The molecule has 1 atom stereocenters. The van der Waals surface area contributed by atoms with Crippen LogP contribution in [0.3, 0.4) is 0 Å². The Morgan fingerprint density at radius 2 is 2.05 bits per heavy atom. The zero-order valence-electron chi connectivity index (χ0n) is 10.3. The van der Waals surface area contributed by atoms with Gasteiger partial charge in [0, 0.05) is 18.4 Å². The van der Waals surface area contributed by atoms with E-state index in [4.69, 9.17) is 11.5 Å². The van der Waals surface area contributed by atoms with Crippen molar-refractivity contribution in [3.8, 4) is 0 Å². The second-order valence-electron chi connectivity index (χ2n) is 4.37. The van der Waals surface area contributed by atoms with Crippen LogP contribution in [0.2, 0.25) is 0 Å². The van der Waals surface area contributed by atoms with Gasteiger partial charge in [-0.2, -0.15) is 0 Å². The molecule has 19 heavy (non-hydrogen) atoms. The molecule has 1 aromatic carbocycles. The molecule has 1 fully saturated rings. The number of benzene rings is 1. The van der Waals surface area contributed by atoms with Crippen LogP contribution in [0.15, 0.2) is 18.2 Å². The molecule has 0 bridgehead atoms. The van der Waals surface area contributed by atoms with E-state index < -0.39 is 17.9 Å². The standard InChI is InChI=1S/C12H14N4O3/c1-16-10(17)5-9(12(16)19)15-11(18)7-3-2-6(13)4-8(7)14/h2-4,9H,5,13-14H2,1H3,(H,15,18). The number of nitrogens with one attached hydrogen (secondary N) is 1. The molecule has 2 rings (SSSR count). The van der Waals surface area contributed by atoms with Crippen LogP contribution in [-0.2, 0) is 9.59 Å². The summed E-state index contributed by atoms with van der Waals surface area (Å²) >= 11 is 0. The molecule has 1 saturated heterocycles. The Kier molecular flexibility index (Phi) is 3.12. The Hall–Kier alpha value is -2.57. The number of likely N-dealkylation sites (N-methyl/N-ethyl adjacent to an activating group) is 1. The molecule has 0 radical (unpaired) electrons. The number of imide groups is 1. The van der Waals surface area contributed by atoms with Gasteiger partial charge in [0.2, 0.25) is 5.91 Å². The van der Waals surface area contributed by atoms with Crippen molar-refractivity contribution >= 4 is 29.1 Å². The SMILES string of the molecule is CN1C(=O)CC(NC(=O)c2ccc(N)cc2N)C1=O. The van der Waals surface area contributed by atoms with Gasteiger partial charge in [0.15, 0.2) is 0 Å². The van der Waals surface area contributed by atoms with Crippen LogP contribution in [0.4, 0.5) is 11.4 Å². The van der Waals surface area contributed by atoms with Gasteiger partial charge in [-0.25, -0.2) is 0 Å². The Labute approximate surface area is 109 Å². The van der Waals surface area contributed by atoms with Crippen molar-refractivity contribution in [2.24, 2.45) is 0 Å². The van der Waals surface area contributed by atoms with Gasteiger partial charge in [0.05, 0.1) is 12.0 Å². The highest BCUT2D eigenvalue weighted by Crippen LogP contribution is 2.17. The van der Waals surface area contributed by atoms with Gasteiger partial charge in [-0.3, -0.25) is 19.3 Å². The van der Waals surface area contributed by atoms with Gasteiger partial charge in [0.1, 0.15) is 6.04 Å². The third-order valence-corrected chi connectivity index (χ3v) is 3.01. The first-order valence-corrected chi connectivity index (χ1v) is 5.66. The van der Waals surface area contributed by atoms with Crippen molar-refractivity contribution in [1.82, 2.24) is 10.2 Å². The molecule has 0 aliphatic carbocycles. The average Bonchev–Trinajstić information content (AvgIpc) is 2.57. The summed E-state index contributed by atoms with van der Waals surface area (Å²) in [6, 6.07) is 3.65. The number of anilines is 2. The first-order valence-electron chi connectivity index (χ1n) is 5.66. The second-order valence-corrected chi connectivity index (χ2v) is 4.37. The second kappa shape index (κ2) is 4.60.